The Hall–Kier alpha value is -2.11. The largest absolute Gasteiger partial charge is 0.484 e. The highest BCUT2D eigenvalue weighted by Gasteiger charge is 2.26. The molecule has 6 heteroatoms. The van der Waals surface area contributed by atoms with Crippen LogP contribution in [0, 0.1) is 6.92 Å². The van der Waals surface area contributed by atoms with Crippen molar-refractivity contribution >= 4 is 39.1 Å². The molecule has 1 aliphatic heterocycles. The maximum Gasteiger partial charge on any atom is 0.260 e. The number of rotatable bonds is 4. The van der Waals surface area contributed by atoms with Crippen molar-refractivity contribution in [2.24, 2.45) is 0 Å². The molecule has 1 amide bonds. The molecule has 0 aliphatic carbocycles. The first-order valence-electron chi connectivity index (χ1n) is 9.12. The zero-order chi connectivity index (χ0) is 18.8. The number of hydrogen-bond donors (Lipinski definition) is 0. The Kier molecular flexibility index (Phi) is 5.32. The summed E-state index contributed by atoms with van der Waals surface area (Å²) in [6, 6.07) is 13.6. The molecule has 4 rings (SSSR count). The normalized spacial score (nSPS) is 15.3. The van der Waals surface area contributed by atoms with Crippen molar-refractivity contribution in [3.8, 4) is 5.75 Å². The third kappa shape index (κ3) is 4.25. The number of aryl methyl sites for hydroxylation is 1. The molecule has 1 fully saturated rings. The summed E-state index contributed by atoms with van der Waals surface area (Å²) in [4.78, 5) is 19.1. The predicted octanol–water partition coefficient (Wildman–Crippen LogP) is 5.04. The molecule has 140 valence electrons. The zero-order valence-corrected chi connectivity index (χ0v) is 16.7. The number of piperidine rings is 1. The molecule has 1 aliphatic rings. The second-order valence-electron chi connectivity index (χ2n) is 6.92. The molecule has 0 unspecified atom stereocenters. The number of ether oxygens (including phenoxy) is 1. The molecule has 27 heavy (non-hydrogen) atoms. The van der Waals surface area contributed by atoms with Gasteiger partial charge in [-0.05, 0) is 55.7 Å². The zero-order valence-electron chi connectivity index (χ0n) is 15.2. The van der Waals surface area contributed by atoms with E-state index in [4.69, 9.17) is 21.3 Å². The molecule has 0 saturated carbocycles. The molecule has 0 spiro atoms. The van der Waals surface area contributed by atoms with Gasteiger partial charge in [0.2, 0.25) is 0 Å². The smallest absolute Gasteiger partial charge is 0.260 e. The molecular weight excluding hydrogens is 380 g/mol. The van der Waals surface area contributed by atoms with Crippen LogP contribution >= 0.6 is 22.9 Å². The topological polar surface area (TPSA) is 42.4 Å². The lowest BCUT2D eigenvalue weighted by Gasteiger charge is -2.31. The minimum absolute atomic E-state index is 0.0473. The summed E-state index contributed by atoms with van der Waals surface area (Å²) in [5.74, 6) is 1.19. The van der Waals surface area contributed by atoms with E-state index in [1.165, 1.54) is 4.70 Å². The maximum absolute atomic E-state index is 12.5. The van der Waals surface area contributed by atoms with Gasteiger partial charge in [-0.1, -0.05) is 23.7 Å². The molecule has 0 radical (unpaired) electrons. The van der Waals surface area contributed by atoms with Crippen LogP contribution in [-0.4, -0.2) is 35.5 Å². The van der Waals surface area contributed by atoms with Crippen molar-refractivity contribution in [1.82, 2.24) is 9.88 Å². The van der Waals surface area contributed by atoms with Crippen LogP contribution in [0.1, 0.15) is 29.3 Å². The van der Waals surface area contributed by atoms with Gasteiger partial charge in [0.25, 0.3) is 5.91 Å². The summed E-state index contributed by atoms with van der Waals surface area (Å²) in [6.45, 7) is 3.60. The number of carbonyl (C=O) groups excluding carboxylic acids is 1. The van der Waals surface area contributed by atoms with Gasteiger partial charge in [-0.25, -0.2) is 4.98 Å². The second kappa shape index (κ2) is 7.87. The summed E-state index contributed by atoms with van der Waals surface area (Å²) in [6.07, 6.45) is 1.87. The summed E-state index contributed by atoms with van der Waals surface area (Å²) in [5.41, 5.74) is 2.09. The lowest BCUT2D eigenvalue weighted by atomic mass is 9.97. The van der Waals surface area contributed by atoms with E-state index in [-0.39, 0.29) is 12.5 Å². The molecule has 2 aromatic carbocycles. The number of benzene rings is 2. The summed E-state index contributed by atoms with van der Waals surface area (Å²) in [7, 11) is 0. The van der Waals surface area contributed by atoms with Gasteiger partial charge in [0.05, 0.1) is 15.2 Å². The summed E-state index contributed by atoms with van der Waals surface area (Å²) < 4.78 is 6.82. The molecule has 4 nitrogen and oxygen atoms in total. The van der Waals surface area contributed by atoms with E-state index in [1.54, 1.807) is 11.3 Å². The van der Waals surface area contributed by atoms with Gasteiger partial charge in [0.15, 0.2) is 6.61 Å². The first-order valence-corrected chi connectivity index (χ1v) is 10.3. The minimum atomic E-state index is 0.0473. The highest BCUT2D eigenvalue weighted by molar-refractivity contribution is 7.18. The first kappa shape index (κ1) is 18.3. The van der Waals surface area contributed by atoms with E-state index >= 15 is 0 Å². The van der Waals surface area contributed by atoms with Crippen LogP contribution < -0.4 is 4.74 Å². The maximum atomic E-state index is 12.5. The Balaban J connectivity index is 1.33. The third-order valence-electron chi connectivity index (χ3n) is 4.91. The van der Waals surface area contributed by atoms with Gasteiger partial charge >= 0.3 is 0 Å². The van der Waals surface area contributed by atoms with Gasteiger partial charge in [0.1, 0.15) is 5.75 Å². The first-order chi connectivity index (χ1) is 13.1. The Morgan fingerprint density at radius 3 is 2.85 bits per heavy atom. The number of fused-ring (bicyclic) bond motifs is 1. The summed E-state index contributed by atoms with van der Waals surface area (Å²) in [5, 5.41) is 1.86. The molecule has 0 atom stereocenters. The number of amides is 1. The van der Waals surface area contributed by atoms with Crippen LogP contribution in [-0.2, 0) is 4.79 Å². The fourth-order valence-corrected chi connectivity index (χ4v) is 4.69. The monoisotopic (exact) mass is 400 g/mol. The number of thiazole rings is 1. The van der Waals surface area contributed by atoms with Crippen molar-refractivity contribution in [3.63, 3.8) is 0 Å². The fraction of sp³-hybridized carbons (Fsp3) is 0.333. The molecule has 2 heterocycles. The molecule has 3 aromatic rings. The van der Waals surface area contributed by atoms with Crippen LogP contribution in [0.3, 0.4) is 0 Å². The van der Waals surface area contributed by atoms with E-state index in [2.05, 4.69) is 0 Å². The number of halogens is 1. The average molecular weight is 401 g/mol. The Bertz CT molecular complexity index is 964. The third-order valence-corrected chi connectivity index (χ3v) is 6.35. The van der Waals surface area contributed by atoms with Crippen molar-refractivity contribution in [2.75, 3.05) is 19.7 Å². The molecule has 0 bridgehead atoms. The second-order valence-corrected chi connectivity index (χ2v) is 8.42. The van der Waals surface area contributed by atoms with E-state index in [9.17, 15) is 4.79 Å². The Labute approximate surface area is 167 Å². The van der Waals surface area contributed by atoms with E-state index < -0.39 is 0 Å². The van der Waals surface area contributed by atoms with Crippen LogP contribution in [0.4, 0.5) is 0 Å². The van der Waals surface area contributed by atoms with Crippen molar-refractivity contribution in [2.45, 2.75) is 25.7 Å². The van der Waals surface area contributed by atoms with Gasteiger partial charge in [-0.15, -0.1) is 11.3 Å². The van der Waals surface area contributed by atoms with E-state index in [1.807, 2.05) is 54.3 Å². The summed E-state index contributed by atoms with van der Waals surface area (Å²) >= 11 is 7.79. The van der Waals surface area contributed by atoms with E-state index in [0.29, 0.717) is 10.9 Å². The number of nitrogens with zero attached hydrogens (tertiary/aromatic N) is 2. The predicted molar refractivity (Wildman–Crippen MR) is 110 cm³/mol. The van der Waals surface area contributed by atoms with Gasteiger partial charge in [0, 0.05) is 24.0 Å². The fourth-order valence-electron chi connectivity index (χ4n) is 3.41. The molecule has 0 N–H and O–H groups in total. The lowest BCUT2D eigenvalue weighted by molar-refractivity contribution is -0.134. The number of aromatic nitrogens is 1. The van der Waals surface area contributed by atoms with Crippen molar-refractivity contribution < 1.29 is 9.53 Å². The van der Waals surface area contributed by atoms with Crippen LogP contribution in [0.15, 0.2) is 42.5 Å². The van der Waals surface area contributed by atoms with Crippen molar-refractivity contribution in [1.29, 1.82) is 0 Å². The Morgan fingerprint density at radius 1 is 1.26 bits per heavy atom. The van der Waals surface area contributed by atoms with Crippen LogP contribution in [0.25, 0.3) is 10.2 Å². The molecule has 1 aromatic heterocycles. The standard InChI is InChI=1S/C21H21ClN2O2S/c1-14-3-2-4-17(11-14)26-13-20(25)24-9-7-15(8-10-24)21-23-18-12-16(22)5-6-19(18)27-21/h2-6,11-12,15H,7-10,13H2,1H3. The number of hydrogen-bond acceptors (Lipinski definition) is 4. The quantitative estimate of drug-likeness (QED) is 0.615. The van der Waals surface area contributed by atoms with Gasteiger partial charge < -0.3 is 9.64 Å². The van der Waals surface area contributed by atoms with E-state index in [0.717, 1.165) is 47.8 Å². The highest BCUT2D eigenvalue weighted by Crippen LogP contribution is 2.34. The van der Waals surface area contributed by atoms with Gasteiger partial charge in [-0.2, -0.15) is 0 Å². The molecular formula is C21H21ClN2O2S. The van der Waals surface area contributed by atoms with Crippen LogP contribution in [0.2, 0.25) is 5.02 Å². The lowest BCUT2D eigenvalue weighted by Crippen LogP contribution is -2.40. The van der Waals surface area contributed by atoms with Crippen molar-refractivity contribution in [3.05, 3.63) is 58.1 Å². The Morgan fingerprint density at radius 2 is 2.07 bits per heavy atom. The molecule has 1 saturated heterocycles. The average Bonchev–Trinajstić information content (AvgIpc) is 3.09. The number of carbonyl (C=O) groups is 1. The minimum Gasteiger partial charge on any atom is -0.484 e. The van der Waals surface area contributed by atoms with Crippen LogP contribution in [0.5, 0.6) is 5.75 Å². The number of likely N-dealkylation sites (tertiary alicyclic amines) is 1. The van der Waals surface area contributed by atoms with Gasteiger partial charge in [-0.3, -0.25) is 4.79 Å². The highest BCUT2D eigenvalue weighted by atomic mass is 35.5. The SMILES string of the molecule is Cc1cccc(OCC(=O)N2CCC(c3nc4cc(Cl)ccc4s3)CC2)c1.